The molecule has 0 saturated carbocycles. The highest BCUT2D eigenvalue weighted by molar-refractivity contribution is 9.10. The summed E-state index contributed by atoms with van der Waals surface area (Å²) in [6.07, 6.45) is 0.232. The lowest BCUT2D eigenvalue weighted by atomic mass is 10.0. The molecular weight excluding hydrogens is 673 g/mol. The van der Waals surface area contributed by atoms with Crippen molar-refractivity contribution in [3.8, 4) is 0 Å². The van der Waals surface area contributed by atoms with Crippen LogP contribution in [0.3, 0.4) is 0 Å². The van der Waals surface area contributed by atoms with Crippen molar-refractivity contribution in [3.05, 3.63) is 129 Å². The van der Waals surface area contributed by atoms with Gasteiger partial charge in [0.1, 0.15) is 12.6 Å². The highest BCUT2D eigenvalue weighted by Crippen LogP contribution is 2.28. The molecule has 0 aliphatic heterocycles. The van der Waals surface area contributed by atoms with Gasteiger partial charge in [0, 0.05) is 34.0 Å². The quantitative estimate of drug-likeness (QED) is 0.178. The van der Waals surface area contributed by atoms with E-state index >= 15 is 0 Å². The number of nitrogens with zero attached hydrogens (tertiary/aromatic N) is 2. The Bertz CT molecular complexity index is 1650. The standard InChI is InChI=1S/C32H30BrCl2N3O4S/c1-2-36-32(40)30(19-23-7-4-3-5-8-23)37(21-24-11-13-25(33)14-12-24)31(39)22-38(28-10-6-9-27(35)20-28)43(41,42)29-17-15-26(34)16-18-29/h3-18,20,30H,2,19,21-22H2,1H3,(H,36,40). The molecule has 0 aliphatic rings. The number of benzene rings is 4. The fourth-order valence-electron chi connectivity index (χ4n) is 4.53. The fourth-order valence-corrected chi connectivity index (χ4v) is 6.51. The van der Waals surface area contributed by atoms with Crippen molar-refractivity contribution in [2.75, 3.05) is 17.4 Å². The van der Waals surface area contributed by atoms with Crippen LogP contribution in [0.25, 0.3) is 0 Å². The first-order valence-corrected chi connectivity index (χ1v) is 16.5. The van der Waals surface area contributed by atoms with Crippen LogP contribution in [0.2, 0.25) is 10.0 Å². The zero-order valence-electron chi connectivity index (χ0n) is 23.3. The van der Waals surface area contributed by atoms with E-state index in [9.17, 15) is 18.0 Å². The third kappa shape index (κ3) is 8.60. The Morgan fingerprint density at radius 3 is 2.14 bits per heavy atom. The van der Waals surface area contributed by atoms with Gasteiger partial charge in [-0.25, -0.2) is 8.42 Å². The van der Waals surface area contributed by atoms with E-state index in [4.69, 9.17) is 23.2 Å². The number of hydrogen-bond donors (Lipinski definition) is 1. The Kier molecular flexibility index (Phi) is 11.3. The summed E-state index contributed by atoms with van der Waals surface area (Å²) in [5, 5.41) is 3.52. The van der Waals surface area contributed by atoms with E-state index in [-0.39, 0.29) is 29.5 Å². The summed E-state index contributed by atoms with van der Waals surface area (Å²) in [5.74, 6) is -0.903. The first-order chi connectivity index (χ1) is 20.6. The van der Waals surface area contributed by atoms with Crippen LogP contribution in [-0.2, 0) is 32.6 Å². The highest BCUT2D eigenvalue weighted by atomic mass is 79.9. The molecule has 2 amide bonds. The van der Waals surface area contributed by atoms with Gasteiger partial charge in [0.2, 0.25) is 11.8 Å². The topological polar surface area (TPSA) is 86.8 Å². The third-order valence-electron chi connectivity index (χ3n) is 6.66. The molecule has 0 heterocycles. The van der Waals surface area contributed by atoms with Gasteiger partial charge >= 0.3 is 0 Å². The third-order valence-corrected chi connectivity index (χ3v) is 9.47. The van der Waals surface area contributed by atoms with Gasteiger partial charge in [0.25, 0.3) is 10.0 Å². The zero-order chi connectivity index (χ0) is 31.0. The average molecular weight is 703 g/mol. The molecule has 4 rings (SSSR count). The number of sulfonamides is 1. The van der Waals surface area contributed by atoms with E-state index < -0.39 is 28.5 Å². The molecule has 224 valence electrons. The molecule has 4 aromatic rings. The van der Waals surface area contributed by atoms with Crippen LogP contribution in [0.4, 0.5) is 5.69 Å². The molecule has 0 bridgehead atoms. The second-order valence-electron chi connectivity index (χ2n) is 9.69. The van der Waals surface area contributed by atoms with E-state index in [2.05, 4.69) is 21.2 Å². The van der Waals surface area contributed by atoms with E-state index in [1.165, 1.54) is 35.2 Å². The number of carbonyl (C=O) groups excluding carboxylic acids is 2. The van der Waals surface area contributed by atoms with E-state index in [1.807, 2.05) is 54.6 Å². The lowest BCUT2D eigenvalue weighted by Crippen LogP contribution is -2.53. The second-order valence-corrected chi connectivity index (χ2v) is 13.3. The molecule has 0 radical (unpaired) electrons. The lowest BCUT2D eigenvalue weighted by molar-refractivity contribution is -0.140. The van der Waals surface area contributed by atoms with Crippen LogP contribution in [0.1, 0.15) is 18.1 Å². The molecule has 11 heteroatoms. The van der Waals surface area contributed by atoms with Crippen molar-refractivity contribution >= 4 is 66.7 Å². The normalized spacial score (nSPS) is 11.9. The molecule has 1 atom stereocenters. The molecule has 0 saturated heterocycles. The van der Waals surface area contributed by atoms with Gasteiger partial charge < -0.3 is 10.2 Å². The number of nitrogens with one attached hydrogen (secondary N) is 1. The number of carbonyl (C=O) groups is 2. The fraction of sp³-hybridized carbons (Fsp3) is 0.188. The first kappa shape index (κ1) is 32.5. The summed E-state index contributed by atoms with van der Waals surface area (Å²) in [4.78, 5) is 29.2. The van der Waals surface area contributed by atoms with Crippen molar-refractivity contribution in [1.29, 1.82) is 0 Å². The summed E-state index contributed by atoms with van der Waals surface area (Å²) >= 11 is 15.7. The summed E-state index contributed by atoms with van der Waals surface area (Å²) in [5.41, 5.74) is 1.83. The minimum absolute atomic E-state index is 0.0475. The number of likely N-dealkylation sites (N-methyl/N-ethyl adjacent to an activating group) is 1. The van der Waals surface area contributed by atoms with Crippen molar-refractivity contribution in [2.45, 2.75) is 30.8 Å². The Hall–Kier alpha value is -3.37. The van der Waals surface area contributed by atoms with Gasteiger partial charge in [0.15, 0.2) is 0 Å². The van der Waals surface area contributed by atoms with Crippen LogP contribution in [0.15, 0.2) is 112 Å². The van der Waals surface area contributed by atoms with Crippen molar-refractivity contribution in [1.82, 2.24) is 10.2 Å². The largest absolute Gasteiger partial charge is 0.355 e. The molecule has 0 aliphatic carbocycles. The molecule has 0 aromatic heterocycles. The van der Waals surface area contributed by atoms with Gasteiger partial charge in [-0.2, -0.15) is 0 Å². The second kappa shape index (κ2) is 14.9. The molecule has 4 aromatic carbocycles. The van der Waals surface area contributed by atoms with Gasteiger partial charge in [0.05, 0.1) is 10.6 Å². The van der Waals surface area contributed by atoms with Crippen LogP contribution in [0, 0.1) is 0 Å². The predicted molar refractivity (Wildman–Crippen MR) is 175 cm³/mol. The van der Waals surface area contributed by atoms with Gasteiger partial charge in [-0.3, -0.25) is 13.9 Å². The Morgan fingerprint density at radius 2 is 1.51 bits per heavy atom. The number of rotatable bonds is 12. The van der Waals surface area contributed by atoms with E-state index in [0.29, 0.717) is 16.6 Å². The summed E-state index contributed by atoms with van der Waals surface area (Å²) < 4.78 is 29.9. The molecule has 43 heavy (non-hydrogen) atoms. The minimum atomic E-state index is -4.25. The minimum Gasteiger partial charge on any atom is -0.355 e. The number of anilines is 1. The predicted octanol–water partition coefficient (Wildman–Crippen LogP) is 6.73. The molecule has 0 spiro atoms. The Morgan fingerprint density at radius 1 is 0.837 bits per heavy atom. The molecular formula is C32H30BrCl2N3O4S. The molecule has 1 unspecified atom stereocenters. The van der Waals surface area contributed by atoms with Crippen LogP contribution < -0.4 is 9.62 Å². The van der Waals surface area contributed by atoms with E-state index in [0.717, 1.165) is 19.9 Å². The Labute approximate surface area is 270 Å². The van der Waals surface area contributed by atoms with Crippen LogP contribution >= 0.6 is 39.1 Å². The smallest absolute Gasteiger partial charge is 0.264 e. The summed E-state index contributed by atoms with van der Waals surface area (Å²) in [7, 11) is -4.25. The first-order valence-electron chi connectivity index (χ1n) is 13.5. The molecule has 1 N–H and O–H groups in total. The van der Waals surface area contributed by atoms with Crippen molar-refractivity contribution < 1.29 is 18.0 Å². The van der Waals surface area contributed by atoms with Crippen molar-refractivity contribution in [3.63, 3.8) is 0 Å². The van der Waals surface area contributed by atoms with Gasteiger partial charge in [-0.15, -0.1) is 0 Å². The number of hydrogen-bond acceptors (Lipinski definition) is 4. The van der Waals surface area contributed by atoms with Crippen molar-refractivity contribution in [2.24, 2.45) is 0 Å². The van der Waals surface area contributed by atoms with Crippen LogP contribution in [0.5, 0.6) is 0 Å². The highest BCUT2D eigenvalue weighted by Gasteiger charge is 2.34. The summed E-state index contributed by atoms with van der Waals surface area (Å²) in [6, 6.07) is 27.8. The maximum Gasteiger partial charge on any atom is 0.264 e. The SMILES string of the molecule is CCNC(=O)C(Cc1ccccc1)N(Cc1ccc(Br)cc1)C(=O)CN(c1cccc(Cl)c1)S(=O)(=O)c1ccc(Cl)cc1. The monoisotopic (exact) mass is 701 g/mol. The zero-order valence-corrected chi connectivity index (χ0v) is 27.2. The molecule has 7 nitrogen and oxygen atoms in total. The van der Waals surface area contributed by atoms with E-state index in [1.54, 1.807) is 25.1 Å². The number of amides is 2. The molecule has 0 fully saturated rings. The van der Waals surface area contributed by atoms with Crippen LogP contribution in [-0.4, -0.2) is 44.3 Å². The average Bonchev–Trinajstić information content (AvgIpc) is 2.99. The summed E-state index contributed by atoms with van der Waals surface area (Å²) in [6.45, 7) is 1.67. The van der Waals surface area contributed by atoms with Gasteiger partial charge in [-0.05, 0) is 72.6 Å². The number of halogens is 3. The maximum absolute atomic E-state index is 14.3. The maximum atomic E-state index is 14.3. The lowest BCUT2D eigenvalue weighted by Gasteiger charge is -2.34. The Balaban J connectivity index is 1.79. The van der Waals surface area contributed by atoms with Gasteiger partial charge in [-0.1, -0.05) is 87.7 Å².